The predicted molar refractivity (Wildman–Crippen MR) is 83.8 cm³/mol. The minimum absolute atomic E-state index is 0.0524. The first kappa shape index (κ1) is 14.0. The molecule has 4 aliphatic rings. The Morgan fingerprint density at radius 1 is 1.26 bits per heavy atom. The van der Waals surface area contributed by atoms with E-state index in [0.29, 0.717) is 30.0 Å². The van der Waals surface area contributed by atoms with Crippen LogP contribution in [0.1, 0.15) is 24.3 Å². The standard InChI is InChI=1S/C17H24N4O2/c1-20-7-10(4-19-20)11-5-18-6-12(11)17(22)21-8-13-14(9-21)16-3-2-15(13)23-16/h4,7,11-16,18H,2-3,5-6,8-9H2,1H3/t11-,12+,13?,14?,15?,16?/m1/s1. The van der Waals surface area contributed by atoms with Crippen LogP contribution in [-0.4, -0.2) is 59.0 Å². The van der Waals surface area contributed by atoms with Crippen molar-refractivity contribution in [3.8, 4) is 0 Å². The Bertz CT molecular complexity index is 612. The summed E-state index contributed by atoms with van der Waals surface area (Å²) in [6.45, 7) is 3.46. The van der Waals surface area contributed by atoms with Crippen molar-refractivity contribution in [2.45, 2.75) is 31.0 Å². The first-order valence-electron chi connectivity index (χ1n) is 8.84. The first-order chi connectivity index (χ1) is 11.2. The molecule has 1 aromatic rings. The molecule has 4 aliphatic heterocycles. The molecular formula is C17H24N4O2. The maximum Gasteiger partial charge on any atom is 0.227 e. The van der Waals surface area contributed by atoms with Crippen molar-refractivity contribution in [2.75, 3.05) is 26.2 Å². The SMILES string of the molecule is Cn1cc([C@H]2CNC[C@@H]2C(=O)N2CC3C4CCC(O4)C3C2)cn1. The fourth-order valence-electron chi connectivity index (χ4n) is 5.29. The number of carbonyl (C=O) groups excluding carboxylic acids is 1. The van der Waals surface area contributed by atoms with E-state index in [1.54, 1.807) is 0 Å². The first-order valence-corrected chi connectivity index (χ1v) is 8.84. The number of aryl methyl sites for hydroxylation is 1. The summed E-state index contributed by atoms with van der Waals surface area (Å²) >= 11 is 0. The summed E-state index contributed by atoms with van der Waals surface area (Å²) in [5.74, 6) is 1.81. The zero-order valence-corrected chi connectivity index (χ0v) is 13.5. The number of rotatable bonds is 2. The number of hydrogen-bond donors (Lipinski definition) is 1. The number of nitrogens with zero attached hydrogens (tertiary/aromatic N) is 3. The Labute approximate surface area is 136 Å². The minimum atomic E-state index is 0.0524. The zero-order valence-electron chi connectivity index (χ0n) is 13.5. The van der Waals surface area contributed by atoms with Crippen LogP contribution in [0.25, 0.3) is 0 Å². The van der Waals surface area contributed by atoms with Crippen molar-refractivity contribution in [1.82, 2.24) is 20.0 Å². The van der Waals surface area contributed by atoms with Crippen LogP contribution >= 0.6 is 0 Å². The normalized spacial score (nSPS) is 41.7. The second kappa shape index (κ2) is 5.05. The van der Waals surface area contributed by atoms with Crippen LogP contribution in [0.4, 0.5) is 0 Å². The van der Waals surface area contributed by atoms with E-state index in [1.807, 2.05) is 24.1 Å². The number of aromatic nitrogens is 2. The summed E-state index contributed by atoms with van der Waals surface area (Å²) in [6.07, 6.45) is 7.17. The lowest BCUT2D eigenvalue weighted by Gasteiger charge is -2.25. The molecule has 23 heavy (non-hydrogen) atoms. The molecule has 0 aliphatic carbocycles. The molecule has 0 aromatic carbocycles. The molecule has 1 amide bonds. The van der Waals surface area contributed by atoms with E-state index in [4.69, 9.17) is 4.74 Å². The Balaban J connectivity index is 1.33. The van der Waals surface area contributed by atoms with E-state index >= 15 is 0 Å². The topological polar surface area (TPSA) is 59.4 Å². The largest absolute Gasteiger partial charge is 0.374 e. The predicted octanol–water partition coefficient (Wildman–Crippen LogP) is 0.359. The van der Waals surface area contributed by atoms with E-state index < -0.39 is 0 Å². The lowest BCUT2D eigenvalue weighted by Crippen LogP contribution is -2.38. The molecular weight excluding hydrogens is 292 g/mol. The van der Waals surface area contributed by atoms with Gasteiger partial charge in [-0.3, -0.25) is 9.48 Å². The van der Waals surface area contributed by atoms with Crippen LogP contribution in [0.3, 0.4) is 0 Å². The molecule has 1 N–H and O–H groups in total. The molecule has 6 atom stereocenters. The highest BCUT2D eigenvalue weighted by Gasteiger charge is 2.54. The lowest BCUT2D eigenvalue weighted by atomic mass is 9.82. The van der Waals surface area contributed by atoms with Gasteiger partial charge in [0.05, 0.1) is 24.3 Å². The maximum absolute atomic E-state index is 13.1. The number of amides is 1. The third-order valence-electron chi connectivity index (χ3n) is 6.45. The van der Waals surface area contributed by atoms with E-state index in [1.165, 1.54) is 18.4 Å². The van der Waals surface area contributed by atoms with Crippen LogP contribution in [-0.2, 0) is 16.6 Å². The highest BCUT2D eigenvalue weighted by molar-refractivity contribution is 5.81. The molecule has 0 radical (unpaired) electrons. The molecule has 4 fully saturated rings. The quantitative estimate of drug-likeness (QED) is 0.856. The Morgan fingerprint density at radius 3 is 2.65 bits per heavy atom. The van der Waals surface area contributed by atoms with Gasteiger partial charge in [-0.1, -0.05) is 0 Å². The summed E-state index contributed by atoms with van der Waals surface area (Å²) in [5, 5.41) is 7.68. The maximum atomic E-state index is 13.1. The fraction of sp³-hybridized carbons (Fsp3) is 0.765. The van der Waals surface area contributed by atoms with Gasteiger partial charge < -0.3 is 15.0 Å². The summed E-state index contributed by atoms with van der Waals surface area (Å²) < 4.78 is 7.85. The average molecular weight is 316 g/mol. The van der Waals surface area contributed by atoms with Crippen molar-refractivity contribution in [3.05, 3.63) is 18.0 Å². The monoisotopic (exact) mass is 316 g/mol. The van der Waals surface area contributed by atoms with Crippen molar-refractivity contribution in [2.24, 2.45) is 24.8 Å². The van der Waals surface area contributed by atoms with Crippen LogP contribution in [0.15, 0.2) is 12.4 Å². The smallest absolute Gasteiger partial charge is 0.227 e. The van der Waals surface area contributed by atoms with Crippen molar-refractivity contribution >= 4 is 5.91 Å². The zero-order chi connectivity index (χ0) is 15.6. The van der Waals surface area contributed by atoms with Crippen LogP contribution in [0, 0.1) is 17.8 Å². The highest BCUT2D eigenvalue weighted by Crippen LogP contribution is 2.47. The van der Waals surface area contributed by atoms with Crippen LogP contribution in [0.2, 0.25) is 0 Å². The van der Waals surface area contributed by atoms with Gasteiger partial charge in [-0.25, -0.2) is 0 Å². The van der Waals surface area contributed by atoms with Crippen molar-refractivity contribution in [3.63, 3.8) is 0 Å². The molecule has 5 heterocycles. The van der Waals surface area contributed by atoms with Gasteiger partial charge in [-0.05, 0) is 18.4 Å². The number of fused-ring (bicyclic) bond motifs is 5. The molecule has 124 valence electrons. The van der Waals surface area contributed by atoms with Gasteiger partial charge in [0.2, 0.25) is 5.91 Å². The second-order valence-corrected chi connectivity index (χ2v) is 7.68. The summed E-state index contributed by atoms with van der Waals surface area (Å²) in [7, 11) is 1.93. The van der Waals surface area contributed by atoms with Crippen molar-refractivity contribution in [1.29, 1.82) is 0 Å². The van der Waals surface area contributed by atoms with Gasteiger partial charge in [0.15, 0.2) is 0 Å². The molecule has 4 saturated heterocycles. The molecule has 0 saturated carbocycles. The van der Waals surface area contributed by atoms with E-state index in [2.05, 4.69) is 15.3 Å². The van der Waals surface area contributed by atoms with Crippen LogP contribution in [0.5, 0.6) is 0 Å². The molecule has 6 nitrogen and oxygen atoms in total. The molecule has 2 bridgehead atoms. The fourth-order valence-corrected chi connectivity index (χ4v) is 5.29. The van der Waals surface area contributed by atoms with Gasteiger partial charge in [0.1, 0.15) is 0 Å². The van der Waals surface area contributed by atoms with E-state index in [9.17, 15) is 4.79 Å². The number of nitrogens with one attached hydrogen (secondary N) is 1. The Morgan fingerprint density at radius 2 is 2.00 bits per heavy atom. The molecule has 6 heteroatoms. The van der Waals surface area contributed by atoms with Gasteiger partial charge >= 0.3 is 0 Å². The van der Waals surface area contributed by atoms with E-state index in [-0.39, 0.29) is 11.8 Å². The third-order valence-corrected chi connectivity index (χ3v) is 6.45. The lowest BCUT2D eigenvalue weighted by molar-refractivity contribution is -0.135. The van der Waals surface area contributed by atoms with Gasteiger partial charge in [-0.15, -0.1) is 0 Å². The molecule has 1 aromatic heterocycles. The van der Waals surface area contributed by atoms with E-state index in [0.717, 1.165) is 26.2 Å². The second-order valence-electron chi connectivity index (χ2n) is 7.68. The highest BCUT2D eigenvalue weighted by atomic mass is 16.5. The summed E-state index contributed by atoms with van der Waals surface area (Å²) in [6, 6.07) is 0. The molecule has 0 spiro atoms. The number of hydrogen-bond acceptors (Lipinski definition) is 4. The van der Waals surface area contributed by atoms with Gasteiger partial charge in [0.25, 0.3) is 0 Å². The number of likely N-dealkylation sites (tertiary alicyclic amines) is 1. The number of carbonyl (C=O) groups is 1. The summed E-state index contributed by atoms with van der Waals surface area (Å²) in [4.78, 5) is 15.3. The Kier molecular flexibility index (Phi) is 3.07. The van der Waals surface area contributed by atoms with Crippen molar-refractivity contribution < 1.29 is 9.53 Å². The average Bonchev–Trinajstić information content (AvgIpc) is 3.31. The summed E-state index contributed by atoms with van der Waals surface area (Å²) in [5.41, 5.74) is 1.18. The van der Waals surface area contributed by atoms with Gasteiger partial charge in [-0.2, -0.15) is 5.10 Å². The molecule has 4 unspecified atom stereocenters. The molecule has 5 rings (SSSR count). The Hall–Kier alpha value is -1.40. The number of ether oxygens (including phenoxy) is 1. The third kappa shape index (κ3) is 2.08. The van der Waals surface area contributed by atoms with Crippen LogP contribution < -0.4 is 5.32 Å². The minimum Gasteiger partial charge on any atom is -0.374 e. The van der Waals surface area contributed by atoms with Gasteiger partial charge in [0, 0.05) is 57.2 Å².